The van der Waals surface area contributed by atoms with Crippen LogP contribution in [0.25, 0.3) is 11.5 Å². The molecule has 0 saturated carbocycles. The summed E-state index contributed by atoms with van der Waals surface area (Å²) < 4.78 is 17.0. The zero-order valence-corrected chi connectivity index (χ0v) is 16.7. The molecule has 3 rings (SSSR count). The van der Waals surface area contributed by atoms with Gasteiger partial charge in [0.25, 0.3) is 5.91 Å². The normalized spacial score (nSPS) is 10.5. The third-order valence-electron chi connectivity index (χ3n) is 3.92. The summed E-state index contributed by atoms with van der Waals surface area (Å²) in [7, 11) is 4.81. The summed E-state index contributed by atoms with van der Waals surface area (Å²) in [4.78, 5) is 14.1. The molecule has 0 N–H and O–H groups in total. The minimum Gasteiger partial charge on any atom is -0.493 e. The van der Waals surface area contributed by atoms with E-state index in [0.29, 0.717) is 34.4 Å². The van der Waals surface area contributed by atoms with Crippen LogP contribution in [0.4, 0.5) is 0 Å². The highest BCUT2D eigenvalue weighted by atomic mass is 79.9. The van der Waals surface area contributed by atoms with Gasteiger partial charge in [-0.25, -0.2) is 0 Å². The maximum absolute atomic E-state index is 12.6. The summed E-state index contributed by atoms with van der Waals surface area (Å²) in [6, 6.07) is 12.6. The standard InChI is InChI=1S/C19H18BrN3O4/c1-23(19(24)13-6-4-5-7-14(13)20)11-17-21-22-18(27-17)12-8-9-15(25-2)16(10-12)26-3/h4-10H,11H2,1-3H3. The van der Waals surface area contributed by atoms with E-state index < -0.39 is 0 Å². The van der Waals surface area contributed by atoms with E-state index in [1.165, 1.54) is 4.90 Å². The molecular formula is C19H18BrN3O4. The van der Waals surface area contributed by atoms with Crippen LogP contribution >= 0.6 is 15.9 Å². The molecule has 1 amide bonds. The minimum absolute atomic E-state index is 0.145. The smallest absolute Gasteiger partial charge is 0.255 e. The molecule has 0 atom stereocenters. The van der Waals surface area contributed by atoms with Crippen molar-refractivity contribution in [3.05, 3.63) is 58.4 Å². The van der Waals surface area contributed by atoms with Gasteiger partial charge in [-0.15, -0.1) is 10.2 Å². The van der Waals surface area contributed by atoms with Crippen LogP contribution < -0.4 is 9.47 Å². The Morgan fingerprint density at radius 2 is 1.85 bits per heavy atom. The number of hydrogen-bond acceptors (Lipinski definition) is 6. The maximum atomic E-state index is 12.6. The van der Waals surface area contributed by atoms with Gasteiger partial charge in [0.05, 0.1) is 26.3 Å². The number of amides is 1. The molecule has 0 radical (unpaired) electrons. The Balaban J connectivity index is 1.76. The second kappa shape index (κ2) is 8.22. The lowest BCUT2D eigenvalue weighted by Gasteiger charge is -2.15. The quantitative estimate of drug-likeness (QED) is 0.590. The summed E-state index contributed by atoms with van der Waals surface area (Å²) in [6.07, 6.45) is 0. The van der Waals surface area contributed by atoms with Crippen LogP contribution in [0.5, 0.6) is 11.5 Å². The van der Waals surface area contributed by atoms with Gasteiger partial charge in [0.15, 0.2) is 11.5 Å². The molecular weight excluding hydrogens is 414 g/mol. The van der Waals surface area contributed by atoms with E-state index in [9.17, 15) is 4.79 Å². The molecule has 3 aromatic rings. The molecule has 0 aliphatic rings. The summed E-state index contributed by atoms with van der Waals surface area (Å²) >= 11 is 3.39. The third kappa shape index (κ3) is 4.11. The molecule has 0 unspecified atom stereocenters. The second-order valence-electron chi connectivity index (χ2n) is 5.71. The van der Waals surface area contributed by atoms with Gasteiger partial charge in [0.2, 0.25) is 11.8 Å². The molecule has 0 fully saturated rings. The zero-order chi connectivity index (χ0) is 19.4. The van der Waals surface area contributed by atoms with Crippen molar-refractivity contribution in [3.63, 3.8) is 0 Å². The molecule has 0 spiro atoms. The fraction of sp³-hybridized carbons (Fsp3) is 0.211. The van der Waals surface area contributed by atoms with Crippen molar-refractivity contribution in [2.24, 2.45) is 0 Å². The molecule has 27 heavy (non-hydrogen) atoms. The van der Waals surface area contributed by atoms with Gasteiger partial charge in [-0.2, -0.15) is 0 Å². The molecule has 0 aliphatic carbocycles. The lowest BCUT2D eigenvalue weighted by atomic mass is 10.2. The number of nitrogens with zero attached hydrogens (tertiary/aromatic N) is 3. The molecule has 1 aromatic heterocycles. The number of ether oxygens (including phenoxy) is 2. The lowest BCUT2D eigenvalue weighted by molar-refractivity contribution is 0.0772. The second-order valence-corrected chi connectivity index (χ2v) is 6.57. The number of rotatable bonds is 6. The Labute approximate surface area is 165 Å². The highest BCUT2D eigenvalue weighted by Gasteiger charge is 2.18. The topological polar surface area (TPSA) is 77.7 Å². The van der Waals surface area contributed by atoms with Gasteiger partial charge in [0, 0.05) is 17.1 Å². The molecule has 8 heteroatoms. The van der Waals surface area contributed by atoms with Crippen LogP contribution in [0.15, 0.2) is 51.4 Å². The van der Waals surface area contributed by atoms with Crippen molar-refractivity contribution in [1.82, 2.24) is 15.1 Å². The Bertz CT molecular complexity index is 958. The van der Waals surface area contributed by atoms with Gasteiger partial charge in [-0.3, -0.25) is 4.79 Å². The number of carbonyl (C=O) groups is 1. The average molecular weight is 432 g/mol. The van der Waals surface area contributed by atoms with Crippen molar-refractivity contribution in [2.45, 2.75) is 6.54 Å². The molecule has 7 nitrogen and oxygen atoms in total. The van der Waals surface area contributed by atoms with E-state index in [2.05, 4.69) is 26.1 Å². The van der Waals surface area contributed by atoms with Crippen molar-refractivity contribution in [2.75, 3.05) is 21.3 Å². The molecule has 0 bridgehead atoms. The Kier molecular flexibility index (Phi) is 5.75. The maximum Gasteiger partial charge on any atom is 0.255 e. The first-order valence-electron chi connectivity index (χ1n) is 8.08. The van der Waals surface area contributed by atoms with Gasteiger partial charge < -0.3 is 18.8 Å². The van der Waals surface area contributed by atoms with Crippen molar-refractivity contribution in [1.29, 1.82) is 0 Å². The monoisotopic (exact) mass is 431 g/mol. The van der Waals surface area contributed by atoms with Gasteiger partial charge >= 0.3 is 0 Å². The lowest BCUT2D eigenvalue weighted by Crippen LogP contribution is -2.26. The zero-order valence-electron chi connectivity index (χ0n) is 15.1. The number of methoxy groups -OCH3 is 2. The molecule has 1 heterocycles. The van der Waals surface area contributed by atoms with Crippen molar-refractivity contribution >= 4 is 21.8 Å². The Morgan fingerprint density at radius 1 is 1.11 bits per heavy atom. The summed E-state index contributed by atoms with van der Waals surface area (Å²) in [5, 5.41) is 8.09. The van der Waals surface area contributed by atoms with E-state index in [1.54, 1.807) is 45.5 Å². The van der Waals surface area contributed by atoms with E-state index in [1.807, 2.05) is 18.2 Å². The SMILES string of the molecule is COc1ccc(-c2nnc(CN(C)C(=O)c3ccccc3Br)o2)cc1OC. The predicted molar refractivity (Wildman–Crippen MR) is 103 cm³/mol. The highest BCUT2D eigenvalue weighted by molar-refractivity contribution is 9.10. The largest absolute Gasteiger partial charge is 0.493 e. The Hall–Kier alpha value is -2.87. The number of benzene rings is 2. The first kappa shape index (κ1) is 18.9. The first-order chi connectivity index (χ1) is 13.0. The average Bonchev–Trinajstić information content (AvgIpc) is 3.15. The number of carbonyl (C=O) groups excluding carboxylic acids is 1. The molecule has 0 saturated heterocycles. The number of halogens is 1. The van der Waals surface area contributed by atoms with Crippen LogP contribution in [0.3, 0.4) is 0 Å². The van der Waals surface area contributed by atoms with Crippen LogP contribution in [0, 0.1) is 0 Å². The number of aromatic nitrogens is 2. The minimum atomic E-state index is -0.145. The fourth-order valence-electron chi connectivity index (χ4n) is 2.52. The van der Waals surface area contributed by atoms with Crippen LogP contribution in [-0.4, -0.2) is 42.3 Å². The van der Waals surface area contributed by atoms with E-state index >= 15 is 0 Å². The van der Waals surface area contributed by atoms with Gasteiger partial charge in [-0.05, 0) is 46.3 Å². The predicted octanol–water partition coefficient (Wildman–Crippen LogP) is 3.79. The third-order valence-corrected chi connectivity index (χ3v) is 4.61. The van der Waals surface area contributed by atoms with Crippen molar-refractivity contribution < 1.29 is 18.7 Å². The van der Waals surface area contributed by atoms with Gasteiger partial charge in [0.1, 0.15) is 0 Å². The highest BCUT2D eigenvalue weighted by Crippen LogP contribution is 2.31. The van der Waals surface area contributed by atoms with E-state index in [4.69, 9.17) is 13.9 Å². The molecule has 2 aromatic carbocycles. The van der Waals surface area contributed by atoms with E-state index in [-0.39, 0.29) is 12.5 Å². The van der Waals surface area contributed by atoms with Crippen LogP contribution in [-0.2, 0) is 6.54 Å². The van der Waals surface area contributed by atoms with Crippen LogP contribution in [0.1, 0.15) is 16.2 Å². The molecule has 0 aliphatic heterocycles. The Morgan fingerprint density at radius 3 is 2.56 bits per heavy atom. The van der Waals surface area contributed by atoms with E-state index in [0.717, 1.165) is 4.47 Å². The first-order valence-corrected chi connectivity index (χ1v) is 8.87. The number of hydrogen-bond donors (Lipinski definition) is 0. The summed E-state index contributed by atoms with van der Waals surface area (Å²) in [5.41, 5.74) is 1.27. The summed E-state index contributed by atoms with van der Waals surface area (Å²) in [6.45, 7) is 0.195. The van der Waals surface area contributed by atoms with Gasteiger partial charge in [-0.1, -0.05) is 12.1 Å². The molecule has 140 valence electrons. The van der Waals surface area contributed by atoms with Crippen molar-refractivity contribution in [3.8, 4) is 23.0 Å². The van der Waals surface area contributed by atoms with Crippen LogP contribution in [0.2, 0.25) is 0 Å². The summed E-state index contributed by atoms with van der Waals surface area (Å²) in [5.74, 6) is 1.71. The fourth-order valence-corrected chi connectivity index (χ4v) is 2.97.